The molecule has 1 aromatic rings. The van der Waals surface area contributed by atoms with E-state index < -0.39 is 0 Å². The van der Waals surface area contributed by atoms with Gasteiger partial charge in [0.15, 0.2) is 0 Å². The van der Waals surface area contributed by atoms with Crippen molar-refractivity contribution in [3.8, 4) is 0 Å². The van der Waals surface area contributed by atoms with Crippen LogP contribution in [0.5, 0.6) is 0 Å². The van der Waals surface area contributed by atoms with Gasteiger partial charge in [-0.3, -0.25) is 4.90 Å². The molecule has 2 heterocycles. The summed E-state index contributed by atoms with van der Waals surface area (Å²) in [4.78, 5) is 6.87. The number of likely N-dealkylation sites (tertiary alicyclic amines) is 1. The van der Waals surface area contributed by atoms with Crippen LogP contribution in [0.1, 0.15) is 18.5 Å². The fourth-order valence-electron chi connectivity index (χ4n) is 2.29. The van der Waals surface area contributed by atoms with Crippen LogP contribution in [0.15, 0.2) is 10.9 Å². The van der Waals surface area contributed by atoms with Crippen LogP contribution in [0.3, 0.4) is 0 Å². The Balaban J connectivity index is 1.82. The summed E-state index contributed by atoms with van der Waals surface area (Å²) in [5, 5.41) is 5.43. The number of nitrogens with zero attached hydrogens (tertiary/aromatic N) is 2. The molecule has 1 fully saturated rings. The van der Waals surface area contributed by atoms with Gasteiger partial charge in [0.1, 0.15) is 0 Å². The molecule has 0 saturated carbocycles. The highest BCUT2D eigenvalue weighted by Crippen LogP contribution is 2.17. The van der Waals surface area contributed by atoms with Crippen LogP contribution < -0.4 is 5.32 Å². The summed E-state index contributed by atoms with van der Waals surface area (Å²) in [6.07, 6.45) is 2.70. The lowest BCUT2D eigenvalue weighted by Gasteiger charge is -2.32. The van der Waals surface area contributed by atoms with Gasteiger partial charge >= 0.3 is 0 Å². The van der Waals surface area contributed by atoms with Crippen molar-refractivity contribution in [2.75, 3.05) is 26.7 Å². The SMILES string of the molecule is CNCC1CCCN(Cc2cscn2)C1. The second-order valence-corrected chi connectivity index (χ2v) is 5.00. The Kier molecular flexibility index (Phi) is 4.11. The summed E-state index contributed by atoms with van der Waals surface area (Å²) < 4.78 is 0. The van der Waals surface area contributed by atoms with Gasteiger partial charge < -0.3 is 5.32 Å². The van der Waals surface area contributed by atoms with E-state index in [1.54, 1.807) is 11.3 Å². The van der Waals surface area contributed by atoms with Crippen LogP contribution in [-0.4, -0.2) is 36.6 Å². The average molecular weight is 225 g/mol. The molecule has 0 aliphatic carbocycles. The minimum absolute atomic E-state index is 0.822. The fourth-order valence-corrected chi connectivity index (χ4v) is 2.84. The third-order valence-electron chi connectivity index (χ3n) is 2.96. The zero-order chi connectivity index (χ0) is 10.5. The largest absolute Gasteiger partial charge is 0.319 e. The minimum Gasteiger partial charge on any atom is -0.319 e. The van der Waals surface area contributed by atoms with E-state index in [9.17, 15) is 0 Å². The Morgan fingerprint density at radius 3 is 3.33 bits per heavy atom. The van der Waals surface area contributed by atoms with E-state index in [0.717, 1.165) is 19.0 Å². The lowest BCUT2D eigenvalue weighted by atomic mass is 9.98. The summed E-state index contributed by atoms with van der Waals surface area (Å²) in [6.45, 7) is 4.63. The molecule has 4 heteroatoms. The van der Waals surface area contributed by atoms with Crippen LogP contribution in [0.4, 0.5) is 0 Å². The highest BCUT2D eigenvalue weighted by molar-refractivity contribution is 7.07. The standard InChI is InChI=1S/C11H19N3S/c1-12-5-10-3-2-4-14(6-10)7-11-8-15-9-13-11/h8-10,12H,2-7H2,1H3. The molecule has 1 unspecified atom stereocenters. The van der Waals surface area contributed by atoms with Crippen molar-refractivity contribution in [1.29, 1.82) is 0 Å². The third-order valence-corrected chi connectivity index (χ3v) is 3.60. The maximum Gasteiger partial charge on any atom is 0.0795 e. The van der Waals surface area contributed by atoms with E-state index in [0.29, 0.717) is 0 Å². The van der Waals surface area contributed by atoms with Gasteiger partial charge in [0.25, 0.3) is 0 Å². The smallest absolute Gasteiger partial charge is 0.0795 e. The van der Waals surface area contributed by atoms with Gasteiger partial charge in [-0.25, -0.2) is 4.98 Å². The van der Waals surface area contributed by atoms with E-state index in [4.69, 9.17) is 0 Å². The Bertz CT molecular complexity index is 271. The normalized spacial score (nSPS) is 23.1. The van der Waals surface area contributed by atoms with Crippen molar-refractivity contribution in [2.24, 2.45) is 5.92 Å². The molecule has 0 bridgehead atoms. The molecule has 0 amide bonds. The summed E-state index contributed by atoms with van der Waals surface area (Å²) in [7, 11) is 2.04. The summed E-state index contributed by atoms with van der Waals surface area (Å²) in [6, 6.07) is 0. The number of hydrogen-bond donors (Lipinski definition) is 1. The number of aromatic nitrogens is 1. The molecule has 2 rings (SSSR count). The Morgan fingerprint density at radius 2 is 2.60 bits per heavy atom. The molecular weight excluding hydrogens is 206 g/mol. The lowest BCUT2D eigenvalue weighted by Crippen LogP contribution is -2.38. The molecule has 0 spiro atoms. The van der Waals surface area contributed by atoms with E-state index in [1.165, 1.54) is 31.6 Å². The predicted octanol–water partition coefficient (Wildman–Crippen LogP) is 1.57. The number of nitrogens with one attached hydrogen (secondary N) is 1. The first-order valence-corrected chi connectivity index (χ1v) is 6.57. The Morgan fingerprint density at radius 1 is 1.67 bits per heavy atom. The zero-order valence-corrected chi connectivity index (χ0v) is 10.1. The Hall–Kier alpha value is -0.450. The van der Waals surface area contributed by atoms with E-state index >= 15 is 0 Å². The molecule has 1 N–H and O–H groups in total. The number of rotatable bonds is 4. The van der Waals surface area contributed by atoms with Crippen LogP contribution in [-0.2, 0) is 6.54 Å². The van der Waals surface area contributed by atoms with Crippen molar-refractivity contribution in [2.45, 2.75) is 19.4 Å². The van der Waals surface area contributed by atoms with Crippen molar-refractivity contribution in [1.82, 2.24) is 15.2 Å². The second kappa shape index (κ2) is 5.58. The van der Waals surface area contributed by atoms with Gasteiger partial charge in [-0.1, -0.05) is 0 Å². The number of thiazole rings is 1. The molecule has 1 saturated heterocycles. The van der Waals surface area contributed by atoms with Crippen LogP contribution in [0, 0.1) is 5.92 Å². The van der Waals surface area contributed by atoms with Crippen molar-refractivity contribution < 1.29 is 0 Å². The minimum atomic E-state index is 0.822. The van der Waals surface area contributed by atoms with Crippen molar-refractivity contribution in [3.63, 3.8) is 0 Å². The van der Waals surface area contributed by atoms with Crippen LogP contribution >= 0.6 is 11.3 Å². The fraction of sp³-hybridized carbons (Fsp3) is 0.727. The van der Waals surface area contributed by atoms with Crippen molar-refractivity contribution >= 4 is 11.3 Å². The lowest BCUT2D eigenvalue weighted by molar-refractivity contribution is 0.165. The molecule has 1 aliphatic heterocycles. The Labute approximate surface area is 95.5 Å². The van der Waals surface area contributed by atoms with Crippen LogP contribution in [0.25, 0.3) is 0 Å². The quantitative estimate of drug-likeness (QED) is 0.843. The molecule has 3 nitrogen and oxygen atoms in total. The molecule has 0 aromatic carbocycles. The van der Waals surface area contributed by atoms with E-state index in [2.05, 4.69) is 20.6 Å². The number of piperidine rings is 1. The summed E-state index contributed by atoms with van der Waals surface area (Å²) in [5.41, 5.74) is 3.15. The van der Waals surface area contributed by atoms with E-state index in [-0.39, 0.29) is 0 Å². The maximum absolute atomic E-state index is 4.34. The second-order valence-electron chi connectivity index (χ2n) is 4.28. The first-order valence-electron chi connectivity index (χ1n) is 5.62. The molecule has 0 radical (unpaired) electrons. The summed E-state index contributed by atoms with van der Waals surface area (Å²) >= 11 is 1.69. The highest BCUT2D eigenvalue weighted by Gasteiger charge is 2.19. The molecule has 84 valence electrons. The molecule has 15 heavy (non-hydrogen) atoms. The highest BCUT2D eigenvalue weighted by atomic mass is 32.1. The average Bonchev–Trinajstić information content (AvgIpc) is 2.71. The maximum atomic E-state index is 4.34. The predicted molar refractivity (Wildman–Crippen MR) is 64.0 cm³/mol. The van der Waals surface area contributed by atoms with E-state index in [1.807, 2.05) is 12.6 Å². The zero-order valence-electron chi connectivity index (χ0n) is 9.28. The molecular formula is C11H19N3S. The topological polar surface area (TPSA) is 28.2 Å². The molecule has 1 aromatic heterocycles. The third kappa shape index (κ3) is 3.26. The monoisotopic (exact) mass is 225 g/mol. The molecule has 1 aliphatic rings. The van der Waals surface area contributed by atoms with Gasteiger partial charge in [-0.2, -0.15) is 0 Å². The van der Waals surface area contributed by atoms with Gasteiger partial charge in [0.05, 0.1) is 11.2 Å². The van der Waals surface area contributed by atoms with Crippen LogP contribution in [0.2, 0.25) is 0 Å². The van der Waals surface area contributed by atoms with Crippen molar-refractivity contribution in [3.05, 3.63) is 16.6 Å². The number of hydrogen-bond acceptors (Lipinski definition) is 4. The van der Waals surface area contributed by atoms with Gasteiger partial charge in [0, 0.05) is 18.5 Å². The van der Waals surface area contributed by atoms with Gasteiger partial charge in [-0.05, 0) is 38.9 Å². The molecule has 1 atom stereocenters. The summed E-state index contributed by atoms with van der Waals surface area (Å²) in [5.74, 6) is 0.822. The first kappa shape index (κ1) is 11.0. The van der Waals surface area contributed by atoms with Gasteiger partial charge in [-0.15, -0.1) is 11.3 Å². The van der Waals surface area contributed by atoms with Gasteiger partial charge in [0.2, 0.25) is 0 Å². The first-order chi connectivity index (χ1) is 7.38.